The van der Waals surface area contributed by atoms with Gasteiger partial charge in [0.05, 0.1) is 11.8 Å². The number of ether oxygens (including phenoxy) is 5. The van der Waals surface area contributed by atoms with Gasteiger partial charge in [-0.3, -0.25) is 4.79 Å². The third-order valence-electron chi connectivity index (χ3n) is 5.24. The SMILES string of the molecule is CON=C1c2cc3c(cc2C(=O)CC1c1cc2c(cc1OC(C)C)OCO2)OCO3. The van der Waals surface area contributed by atoms with Crippen LogP contribution in [0.15, 0.2) is 29.4 Å². The maximum Gasteiger partial charge on any atom is 0.231 e. The molecule has 0 amide bonds. The molecule has 5 rings (SSSR count). The van der Waals surface area contributed by atoms with Crippen molar-refractivity contribution in [3.05, 3.63) is 41.0 Å². The molecule has 8 heteroatoms. The van der Waals surface area contributed by atoms with Crippen molar-refractivity contribution < 1.29 is 33.3 Å². The summed E-state index contributed by atoms with van der Waals surface area (Å²) in [4.78, 5) is 18.3. The average Bonchev–Trinajstić information content (AvgIpc) is 3.36. The van der Waals surface area contributed by atoms with Gasteiger partial charge in [-0.2, -0.15) is 0 Å². The van der Waals surface area contributed by atoms with Gasteiger partial charge in [-0.05, 0) is 32.0 Å². The van der Waals surface area contributed by atoms with Crippen molar-refractivity contribution in [2.75, 3.05) is 20.7 Å². The molecule has 2 aliphatic heterocycles. The molecule has 30 heavy (non-hydrogen) atoms. The van der Waals surface area contributed by atoms with Crippen LogP contribution in [-0.4, -0.2) is 38.3 Å². The number of benzene rings is 2. The molecular formula is C22H21NO7. The first-order valence-electron chi connectivity index (χ1n) is 9.73. The van der Waals surface area contributed by atoms with E-state index in [1.165, 1.54) is 7.11 Å². The highest BCUT2D eigenvalue weighted by atomic mass is 16.7. The maximum absolute atomic E-state index is 13.1. The zero-order valence-electron chi connectivity index (χ0n) is 16.9. The maximum atomic E-state index is 13.1. The van der Waals surface area contributed by atoms with Gasteiger partial charge in [0, 0.05) is 35.1 Å². The summed E-state index contributed by atoms with van der Waals surface area (Å²) < 4.78 is 28.1. The second-order valence-corrected chi connectivity index (χ2v) is 7.50. The first-order chi connectivity index (χ1) is 14.5. The van der Waals surface area contributed by atoms with Gasteiger partial charge < -0.3 is 28.5 Å². The first-order valence-corrected chi connectivity index (χ1v) is 9.73. The van der Waals surface area contributed by atoms with Gasteiger partial charge in [0.1, 0.15) is 12.9 Å². The summed E-state index contributed by atoms with van der Waals surface area (Å²) in [6.07, 6.45) is 0.149. The minimum atomic E-state index is -0.381. The van der Waals surface area contributed by atoms with E-state index in [2.05, 4.69) is 5.16 Å². The van der Waals surface area contributed by atoms with Crippen molar-refractivity contribution >= 4 is 11.5 Å². The average molecular weight is 411 g/mol. The lowest BCUT2D eigenvalue weighted by Gasteiger charge is -2.28. The predicted octanol–water partition coefficient (Wildman–Crippen LogP) is 3.65. The molecule has 2 aromatic carbocycles. The Labute approximate surface area is 173 Å². The van der Waals surface area contributed by atoms with Crippen LogP contribution in [0.3, 0.4) is 0 Å². The number of oxime groups is 1. The minimum Gasteiger partial charge on any atom is -0.491 e. The lowest BCUT2D eigenvalue weighted by atomic mass is 9.77. The quantitative estimate of drug-likeness (QED) is 0.710. The fourth-order valence-corrected chi connectivity index (χ4v) is 4.00. The Morgan fingerprint density at radius 2 is 1.53 bits per heavy atom. The molecule has 3 aliphatic rings. The molecule has 0 saturated heterocycles. The van der Waals surface area contributed by atoms with E-state index in [9.17, 15) is 4.79 Å². The third-order valence-corrected chi connectivity index (χ3v) is 5.24. The van der Waals surface area contributed by atoms with Gasteiger partial charge in [0.15, 0.2) is 28.8 Å². The van der Waals surface area contributed by atoms with E-state index in [1.54, 1.807) is 12.1 Å². The van der Waals surface area contributed by atoms with Crippen molar-refractivity contribution in [2.24, 2.45) is 5.16 Å². The summed E-state index contributed by atoms with van der Waals surface area (Å²) in [5.74, 6) is 2.59. The number of fused-ring (bicyclic) bond motifs is 3. The third kappa shape index (κ3) is 2.99. The van der Waals surface area contributed by atoms with Crippen LogP contribution in [0.4, 0.5) is 0 Å². The van der Waals surface area contributed by atoms with Gasteiger partial charge >= 0.3 is 0 Å². The van der Waals surface area contributed by atoms with Crippen molar-refractivity contribution in [3.63, 3.8) is 0 Å². The number of carbonyl (C=O) groups excluding carboxylic acids is 1. The lowest BCUT2D eigenvalue weighted by molar-refractivity contribution is 0.0974. The standard InChI is InChI=1S/C22H21NO7/c1-11(2)30-17-8-21-19(27-10-29-21)6-13(17)14-4-16(24)12-5-18-20(28-9-26-18)7-15(12)22(14)23-25-3/h5-8,11,14H,4,9-10H2,1-3H3. The Balaban J connectivity index is 1.66. The van der Waals surface area contributed by atoms with Crippen LogP contribution in [0.25, 0.3) is 0 Å². The number of carbonyl (C=O) groups is 1. The van der Waals surface area contributed by atoms with Crippen molar-refractivity contribution in [2.45, 2.75) is 32.3 Å². The molecule has 1 aliphatic carbocycles. The molecule has 1 atom stereocenters. The summed E-state index contributed by atoms with van der Waals surface area (Å²) in [6, 6.07) is 7.17. The topological polar surface area (TPSA) is 84.8 Å². The Hall–Kier alpha value is -3.42. The monoisotopic (exact) mass is 411 g/mol. The van der Waals surface area contributed by atoms with Crippen LogP contribution in [0, 0.1) is 0 Å². The van der Waals surface area contributed by atoms with E-state index in [0.29, 0.717) is 45.6 Å². The number of Topliss-reactive ketones (excluding diaryl/α,β-unsaturated/α-hetero) is 1. The molecule has 0 aromatic heterocycles. The van der Waals surface area contributed by atoms with E-state index >= 15 is 0 Å². The van der Waals surface area contributed by atoms with Gasteiger partial charge in [-0.1, -0.05) is 5.16 Å². The molecule has 0 spiro atoms. The number of rotatable bonds is 4. The molecule has 0 bridgehead atoms. The summed E-state index contributed by atoms with van der Waals surface area (Å²) in [6.45, 7) is 4.16. The number of nitrogens with zero attached hydrogens (tertiary/aromatic N) is 1. The van der Waals surface area contributed by atoms with E-state index in [4.69, 9.17) is 28.5 Å². The molecule has 156 valence electrons. The summed E-state index contributed by atoms with van der Waals surface area (Å²) in [5, 5.41) is 4.30. The zero-order chi connectivity index (χ0) is 20.8. The van der Waals surface area contributed by atoms with Crippen LogP contribution in [0.2, 0.25) is 0 Å². The fraction of sp³-hybridized carbons (Fsp3) is 0.364. The molecule has 2 aromatic rings. The Morgan fingerprint density at radius 1 is 0.933 bits per heavy atom. The highest BCUT2D eigenvalue weighted by molar-refractivity contribution is 6.19. The number of ketones is 1. The van der Waals surface area contributed by atoms with Crippen LogP contribution < -0.4 is 23.7 Å². The van der Waals surface area contributed by atoms with Crippen LogP contribution in [-0.2, 0) is 4.84 Å². The predicted molar refractivity (Wildman–Crippen MR) is 106 cm³/mol. The Kier molecular flexibility index (Phi) is 4.42. The minimum absolute atomic E-state index is 0.0171. The summed E-state index contributed by atoms with van der Waals surface area (Å²) in [5.41, 5.74) is 2.62. The molecular weight excluding hydrogens is 390 g/mol. The molecule has 0 N–H and O–H groups in total. The molecule has 8 nitrogen and oxygen atoms in total. The second-order valence-electron chi connectivity index (χ2n) is 7.50. The second kappa shape index (κ2) is 7.12. The van der Waals surface area contributed by atoms with Gasteiger partial charge in [0.2, 0.25) is 13.6 Å². The van der Waals surface area contributed by atoms with E-state index in [0.717, 1.165) is 5.56 Å². The largest absolute Gasteiger partial charge is 0.491 e. The van der Waals surface area contributed by atoms with Crippen molar-refractivity contribution in [3.8, 4) is 28.7 Å². The molecule has 0 saturated carbocycles. The summed E-state index contributed by atoms with van der Waals surface area (Å²) >= 11 is 0. The normalized spacial score (nSPS) is 19.9. The van der Waals surface area contributed by atoms with Crippen molar-refractivity contribution in [1.29, 1.82) is 0 Å². The van der Waals surface area contributed by atoms with E-state index in [1.807, 2.05) is 26.0 Å². The van der Waals surface area contributed by atoms with Crippen LogP contribution in [0.1, 0.15) is 47.7 Å². The summed E-state index contributed by atoms with van der Waals surface area (Å²) in [7, 11) is 1.48. The Morgan fingerprint density at radius 3 is 2.17 bits per heavy atom. The molecule has 0 radical (unpaired) electrons. The van der Waals surface area contributed by atoms with Crippen molar-refractivity contribution in [1.82, 2.24) is 0 Å². The van der Waals surface area contributed by atoms with Crippen LogP contribution in [0.5, 0.6) is 28.7 Å². The highest BCUT2D eigenvalue weighted by Gasteiger charge is 2.37. The molecule has 2 heterocycles. The van der Waals surface area contributed by atoms with Crippen LogP contribution >= 0.6 is 0 Å². The smallest absolute Gasteiger partial charge is 0.231 e. The Bertz CT molecular complexity index is 1060. The van der Waals surface area contributed by atoms with Gasteiger partial charge in [-0.25, -0.2) is 0 Å². The first kappa shape index (κ1) is 18.6. The number of hydrogen-bond acceptors (Lipinski definition) is 8. The zero-order valence-corrected chi connectivity index (χ0v) is 16.9. The fourth-order valence-electron chi connectivity index (χ4n) is 4.00. The van der Waals surface area contributed by atoms with Gasteiger partial charge in [0.25, 0.3) is 0 Å². The number of hydrogen-bond donors (Lipinski definition) is 0. The highest BCUT2D eigenvalue weighted by Crippen LogP contribution is 2.46. The van der Waals surface area contributed by atoms with E-state index in [-0.39, 0.29) is 37.8 Å². The van der Waals surface area contributed by atoms with Gasteiger partial charge in [-0.15, -0.1) is 0 Å². The molecule has 0 fully saturated rings. The lowest BCUT2D eigenvalue weighted by Crippen LogP contribution is -2.27. The molecule has 1 unspecified atom stereocenters. The van der Waals surface area contributed by atoms with E-state index < -0.39 is 0 Å².